The minimum absolute atomic E-state index is 0. The predicted molar refractivity (Wildman–Crippen MR) is 123 cm³/mol. The zero-order valence-corrected chi connectivity index (χ0v) is 18.5. The van der Waals surface area contributed by atoms with Gasteiger partial charge in [-0.2, -0.15) is 0 Å². The average Bonchev–Trinajstić information content (AvgIpc) is 2.70. The summed E-state index contributed by atoms with van der Waals surface area (Å²) < 4.78 is 5.40. The molecule has 0 atom stereocenters. The third kappa shape index (κ3) is 6.55. The molecule has 2 aromatic rings. The first-order valence-corrected chi connectivity index (χ1v) is 9.23. The summed E-state index contributed by atoms with van der Waals surface area (Å²) in [5, 5.41) is 7.39. The van der Waals surface area contributed by atoms with Gasteiger partial charge in [-0.05, 0) is 29.3 Å². The van der Waals surface area contributed by atoms with Crippen LogP contribution < -0.4 is 15.5 Å². The molecule has 7 heteroatoms. The number of nitrogens with one attached hydrogen (secondary N) is 2. The molecule has 0 radical (unpaired) electrons. The quantitative estimate of drug-likeness (QED) is 0.374. The van der Waals surface area contributed by atoms with Crippen LogP contribution in [0.25, 0.3) is 0 Å². The third-order valence-electron chi connectivity index (χ3n) is 4.40. The van der Waals surface area contributed by atoms with Gasteiger partial charge in [-0.25, -0.2) is 0 Å². The molecular weight excluding hydrogens is 475 g/mol. The number of aliphatic imine (C=N–C) groups is 1. The topological polar surface area (TPSA) is 48.9 Å². The summed E-state index contributed by atoms with van der Waals surface area (Å²) in [4.78, 5) is 6.62. The molecule has 1 fully saturated rings. The van der Waals surface area contributed by atoms with Crippen molar-refractivity contribution < 1.29 is 4.74 Å². The lowest BCUT2D eigenvalue weighted by Crippen LogP contribution is -2.36. The van der Waals surface area contributed by atoms with Crippen LogP contribution in [0.15, 0.2) is 53.5 Å². The Morgan fingerprint density at radius 2 is 1.70 bits per heavy atom. The lowest BCUT2D eigenvalue weighted by Gasteiger charge is -2.28. The molecule has 27 heavy (non-hydrogen) atoms. The summed E-state index contributed by atoms with van der Waals surface area (Å²) in [7, 11) is 1.77. The first-order valence-electron chi connectivity index (χ1n) is 8.86. The van der Waals surface area contributed by atoms with E-state index in [0.717, 1.165) is 42.8 Å². The molecule has 1 saturated heterocycles. The smallest absolute Gasteiger partial charge is 0.191 e. The van der Waals surface area contributed by atoms with Crippen LogP contribution in [0, 0.1) is 0 Å². The number of halogens is 2. The van der Waals surface area contributed by atoms with Gasteiger partial charge in [0.15, 0.2) is 5.96 Å². The molecule has 0 unspecified atom stereocenters. The van der Waals surface area contributed by atoms with Gasteiger partial charge in [0.1, 0.15) is 0 Å². The van der Waals surface area contributed by atoms with Crippen molar-refractivity contribution in [1.82, 2.24) is 10.6 Å². The first-order chi connectivity index (χ1) is 12.8. The van der Waals surface area contributed by atoms with Crippen LogP contribution in [0.4, 0.5) is 5.69 Å². The molecule has 146 valence electrons. The Labute approximate surface area is 183 Å². The summed E-state index contributed by atoms with van der Waals surface area (Å²) in [5.74, 6) is 0.752. The fourth-order valence-electron chi connectivity index (χ4n) is 2.87. The van der Waals surface area contributed by atoms with Crippen LogP contribution in [0.1, 0.15) is 11.1 Å². The Kier molecular flexibility index (Phi) is 9.17. The zero-order chi connectivity index (χ0) is 18.2. The van der Waals surface area contributed by atoms with Gasteiger partial charge in [0.2, 0.25) is 0 Å². The fraction of sp³-hybridized carbons (Fsp3) is 0.350. The van der Waals surface area contributed by atoms with Gasteiger partial charge in [-0.1, -0.05) is 41.9 Å². The van der Waals surface area contributed by atoms with E-state index in [1.54, 1.807) is 7.05 Å². The number of benzene rings is 2. The summed E-state index contributed by atoms with van der Waals surface area (Å²) in [6.07, 6.45) is 0. The number of guanidine groups is 1. The monoisotopic (exact) mass is 500 g/mol. The second-order valence-corrected chi connectivity index (χ2v) is 6.54. The van der Waals surface area contributed by atoms with E-state index in [1.807, 2.05) is 24.3 Å². The Morgan fingerprint density at radius 3 is 2.37 bits per heavy atom. The van der Waals surface area contributed by atoms with Crippen LogP contribution in [0.2, 0.25) is 5.02 Å². The van der Waals surface area contributed by atoms with Gasteiger partial charge in [-0.3, -0.25) is 4.99 Å². The van der Waals surface area contributed by atoms with Gasteiger partial charge in [0, 0.05) is 43.9 Å². The van der Waals surface area contributed by atoms with Crippen LogP contribution in [-0.2, 0) is 17.8 Å². The van der Waals surface area contributed by atoms with E-state index in [4.69, 9.17) is 16.3 Å². The van der Waals surface area contributed by atoms with Crippen molar-refractivity contribution in [1.29, 1.82) is 0 Å². The molecule has 0 aromatic heterocycles. The Hall–Kier alpha value is -1.51. The maximum Gasteiger partial charge on any atom is 0.191 e. The second-order valence-electron chi connectivity index (χ2n) is 6.14. The number of morpholine rings is 1. The van der Waals surface area contributed by atoms with Crippen molar-refractivity contribution in [2.24, 2.45) is 4.99 Å². The van der Waals surface area contributed by atoms with Crippen LogP contribution >= 0.6 is 35.6 Å². The highest BCUT2D eigenvalue weighted by Crippen LogP contribution is 2.17. The molecule has 2 aromatic carbocycles. The molecule has 0 amide bonds. The van der Waals surface area contributed by atoms with Crippen molar-refractivity contribution in [3.05, 3.63) is 64.7 Å². The van der Waals surface area contributed by atoms with Crippen molar-refractivity contribution in [2.45, 2.75) is 13.1 Å². The van der Waals surface area contributed by atoms with Gasteiger partial charge >= 0.3 is 0 Å². The Bertz CT molecular complexity index is 733. The highest BCUT2D eigenvalue weighted by molar-refractivity contribution is 14.0. The molecule has 1 aliphatic rings. The Balaban J connectivity index is 0.00000261. The van der Waals surface area contributed by atoms with Crippen molar-refractivity contribution in [3.63, 3.8) is 0 Å². The van der Waals surface area contributed by atoms with E-state index >= 15 is 0 Å². The molecule has 0 aliphatic carbocycles. The third-order valence-corrected chi connectivity index (χ3v) is 4.77. The van der Waals surface area contributed by atoms with E-state index in [-0.39, 0.29) is 24.0 Å². The van der Waals surface area contributed by atoms with Gasteiger partial charge in [0.25, 0.3) is 0 Å². The highest BCUT2D eigenvalue weighted by atomic mass is 127. The summed E-state index contributed by atoms with van der Waals surface area (Å²) in [6, 6.07) is 16.5. The van der Waals surface area contributed by atoms with Gasteiger partial charge in [-0.15, -0.1) is 24.0 Å². The lowest BCUT2D eigenvalue weighted by molar-refractivity contribution is 0.122. The largest absolute Gasteiger partial charge is 0.378 e. The molecule has 0 saturated carbocycles. The number of hydrogen-bond acceptors (Lipinski definition) is 3. The van der Waals surface area contributed by atoms with Crippen molar-refractivity contribution >= 4 is 47.2 Å². The standard InChI is InChI=1S/C20H25ClN4O.HI/c1-22-20(24-15-17-4-2-3-5-19(17)21)23-14-16-6-8-18(9-7-16)25-10-12-26-13-11-25;/h2-9H,10-15H2,1H3,(H2,22,23,24);1H. The van der Waals surface area contributed by atoms with E-state index in [9.17, 15) is 0 Å². The fourth-order valence-corrected chi connectivity index (χ4v) is 3.08. The molecule has 0 spiro atoms. The van der Waals surface area contributed by atoms with E-state index in [0.29, 0.717) is 13.1 Å². The molecule has 1 heterocycles. The van der Waals surface area contributed by atoms with Crippen molar-refractivity contribution in [2.75, 3.05) is 38.3 Å². The first kappa shape index (κ1) is 21.8. The number of nitrogens with zero attached hydrogens (tertiary/aromatic N) is 2. The molecule has 2 N–H and O–H groups in total. The number of ether oxygens (including phenoxy) is 1. The molecule has 1 aliphatic heterocycles. The minimum atomic E-state index is 0. The number of anilines is 1. The SMILES string of the molecule is CN=C(NCc1ccc(N2CCOCC2)cc1)NCc1ccccc1Cl.I. The summed E-state index contributed by atoms with van der Waals surface area (Å²) in [5.41, 5.74) is 3.51. The average molecular weight is 501 g/mol. The minimum Gasteiger partial charge on any atom is -0.378 e. The van der Waals surface area contributed by atoms with Crippen LogP contribution in [0.5, 0.6) is 0 Å². The molecule has 5 nitrogen and oxygen atoms in total. The van der Waals surface area contributed by atoms with E-state index in [2.05, 4.69) is 44.8 Å². The molecule has 0 bridgehead atoms. The van der Waals surface area contributed by atoms with E-state index < -0.39 is 0 Å². The number of hydrogen-bond donors (Lipinski definition) is 2. The van der Waals surface area contributed by atoms with Crippen LogP contribution in [-0.4, -0.2) is 39.3 Å². The highest BCUT2D eigenvalue weighted by Gasteiger charge is 2.10. The zero-order valence-electron chi connectivity index (χ0n) is 15.5. The van der Waals surface area contributed by atoms with Crippen LogP contribution in [0.3, 0.4) is 0 Å². The molecule has 3 rings (SSSR count). The summed E-state index contributed by atoms with van der Waals surface area (Å²) >= 11 is 6.19. The number of rotatable bonds is 5. The van der Waals surface area contributed by atoms with E-state index in [1.165, 1.54) is 11.3 Å². The maximum absolute atomic E-state index is 6.19. The van der Waals surface area contributed by atoms with Gasteiger partial charge in [0.05, 0.1) is 13.2 Å². The molecular formula is C20H26ClIN4O. The van der Waals surface area contributed by atoms with Crippen molar-refractivity contribution in [3.8, 4) is 0 Å². The lowest BCUT2D eigenvalue weighted by atomic mass is 10.2. The maximum atomic E-state index is 6.19. The summed E-state index contributed by atoms with van der Waals surface area (Å²) in [6.45, 7) is 4.86. The second kappa shape index (κ2) is 11.4. The van der Waals surface area contributed by atoms with Gasteiger partial charge < -0.3 is 20.3 Å². The predicted octanol–water partition coefficient (Wildman–Crippen LogP) is 3.66. The normalized spacial score (nSPS) is 14.4. The Morgan fingerprint density at radius 1 is 1.04 bits per heavy atom.